The zero-order valence-corrected chi connectivity index (χ0v) is 15.9. The number of phenolic OH excluding ortho intramolecular Hbond substituents is 1. The summed E-state index contributed by atoms with van der Waals surface area (Å²) < 4.78 is 2.18. The SMILES string of the molecule is Cc1cc(C)cc(-n2c(C)cc(/C=N\NC(=O)c3ccc(O)cc3)c2C)c1. The van der Waals surface area contributed by atoms with Gasteiger partial charge >= 0.3 is 0 Å². The molecule has 1 aromatic heterocycles. The minimum Gasteiger partial charge on any atom is -0.508 e. The Morgan fingerprint density at radius 3 is 2.26 bits per heavy atom. The molecule has 1 heterocycles. The number of aryl methyl sites for hydroxylation is 3. The molecule has 0 fully saturated rings. The summed E-state index contributed by atoms with van der Waals surface area (Å²) in [6, 6.07) is 14.5. The van der Waals surface area contributed by atoms with Crippen LogP contribution in [0.2, 0.25) is 0 Å². The first-order valence-corrected chi connectivity index (χ1v) is 8.75. The maximum atomic E-state index is 12.1. The highest BCUT2D eigenvalue weighted by Crippen LogP contribution is 2.21. The van der Waals surface area contributed by atoms with Crippen LogP contribution in [0, 0.1) is 27.7 Å². The monoisotopic (exact) mass is 361 g/mol. The number of carbonyl (C=O) groups excluding carboxylic acids is 1. The van der Waals surface area contributed by atoms with E-state index in [1.807, 2.05) is 13.0 Å². The van der Waals surface area contributed by atoms with Gasteiger partial charge in [0, 0.05) is 28.2 Å². The van der Waals surface area contributed by atoms with Crippen molar-refractivity contribution in [2.45, 2.75) is 27.7 Å². The summed E-state index contributed by atoms with van der Waals surface area (Å²) >= 11 is 0. The number of hydrogen-bond donors (Lipinski definition) is 2. The van der Waals surface area contributed by atoms with Crippen LogP contribution in [0.1, 0.15) is 38.4 Å². The Morgan fingerprint density at radius 1 is 1.00 bits per heavy atom. The molecule has 0 radical (unpaired) electrons. The molecule has 1 amide bonds. The summed E-state index contributed by atoms with van der Waals surface area (Å²) in [4.78, 5) is 12.1. The smallest absolute Gasteiger partial charge is 0.271 e. The van der Waals surface area contributed by atoms with E-state index in [9.17, 15) is 9.90 Å². The van der Waals surface area contributed by atoms with Crippen molar-refractivity contribution in [3.8, 4) is 11.4 Å². The van der Waals surface area contributed by atoms with E-state index >= 15 is 0 Å². The van der Waals surface area contributed by atoms with Gasteiger partial charge in [-0.05, 0) is 81.3 Å². The van der Waals surface area contributed by atoms with Crippen molar-refractivity contribution in [3.63, 3.8) is 0 Å². The molecule has 3 rings (SSSR count). The number of nitrogens with zero attached hydrogens (tertiary/aromatic N) is 2. The number of hydrazone groups is 1. The van der Waals surface area contributed by atoms with Crippen molar-refractivity contribution in [1.29, 1.82) is 0 Å². The number of carbonyl (C=O) groups is 1. The van der Waals surface area contributed by atoms with Crippen LogP contribution in [-0.4, -0.2) is 21.8 Å². The molecule has 0 spiro atoms. The number of aromatic nitrogens is 1. The van der Waals surface area contributed by atoms with E-state index in [4.69, 9.17) is 0 Å². The van der Waals surface area contributed by atoms with Crippen molar-refractivity contribution in [3.05, 3.63) is 82.2 Å². The van der Waals surface area contributed by atoms with E-state index in [2.05, 4.69) is 54.1 Å². The summed E-state index contributed by atoms with van der Waals surface area (Å²) in [5.41, 5.74) is 9.61. The number of benzene rings is 2. The van der Waals surface area contributed by atoms with Crippen molar-refractivity contribution >= 4 is 12.1 Å². The minimum absolute atomic E-state index is 0.119. The number of aromatic hydroxyl groups is 1. The second-order valence-electron chi connectivity index (χ2n) is 6.75. The van der Waals surface area contributed by atoms with Crippen LogP contribution < -0.4 is 5.43 Å². The van der Waals surface area contributed by atoms with Gasteiger partial charge in [0.25, 0.3) is 5.91 Å². The largest absolute Gasteiger partial charge is 0.508 e. The van der Waals surface area contributed by atoms with Crippen molar-refractivity contribution in [2.75, 3.05) is 0 Å². The second kappa shape index (κ2) is 7.50. The first-order valence-electron chi connectivity index (χ1n) is 8.75. The highest BCUT2D eigenvalue weighted by atomic mass is 16.3. The Kier molecular flexibility index (Phi) is 5.12. The molecule has 0 aliphatic carbocycles. The molecule has 0 saturated heterocycles. The molecule has 0 saturated carbocycles. The lowest BCUT2D eigenvalue weighted by atomic mass is 10.1. The second-order valence-corrected chi connectivity index (χ2v) is 6.75. The average molecular weight is 361 g/mol. The first-order chi connectivity index (χ1) is 12.8. The maximum absolute atomic E-state index is 12.1. The van der Waals surface area contributed by atoms with Crippen LogP contribution >= 0.6 is 0 Å². The lowest BCUT2D eigenvalue weighted by molar-refractivity contribution is 0.0955. The van der Waals surface area contributed by atoms with Crippen molar-refractivity contribution in [1.82, 2.24) is 9.99 Å². The van der Waals surface area contributed by atoms with Gasteiger partial charge in [-0.25, -0.2) is 5.43 Å². The fourth-order valence-corrected chi connectivity index (χ4v) is 3.23. The Morgan fingerprint density at radius 2 is 1.63 bits per heavy atom. The Bertz CT molecular complexity index is 995. The van der Waals surface area contributed by atoms with Gasteiger partial charge in [-0.2, -0.15) is 5.10 Å². The predicted octanol–water partition coefficient (Wildman–Crippen LogP) is 4.18. The molecule has 0 atom stereocenters. The highest BCUT2D eigenvalue weighted by Gasteiger charge is 2.10. The molecule has 0 unspecified atom stereocenters. The number of rotatable bonds is 4. The van der Waals surface area contributed by atoms with Crippen LogP contribution in [0.4, 0.5) is 0 Å². The fourth-order valence-electron chi connectivity index (χ4n) is 3.23. The molecular weight excluding hydrogens is 338 g/mol. The van der Waals surface area contributed by atoms with Crippen molar-refractivity contribution < 1.29 is 9.90 Å². The lowest BCUT2D eigenvalue weighted by Crippen LogP contribution is -2.17. The molecular formula is C22H23N3O2. The van der Waals surface area contributed by atoms with Crippen LogP contribution in [0.15, 0.2) is 53.6 Å². The first kappa shape index (κ1) is 18.5. The standard InChI is InChI=1S/C22H23N3O2/c1-14-9-15(2)11-20(10-14)25-16(3)12-19(17(25)4)13-23-24-22(27)18-5-7-21(26)8-6-18/h5-13,26H,1-4H3,(H,24,27)/b23-13-. The van der Waals surface area contributed by atoms with Crippen LogP contribution in [0.3, 0.4) is 0 Å². The number of nitrogens with one attached hydrogen (secondary N) is 1. The third-order valence-electron chi connectivity index (χ3n) is 4.43. The third kappa shape index (κ3) is 4.08. The maximum Gasteiger partial charge on any atom is 0.271 e. The van der Waals surface area contributed by atoms with E-state index in [0.29, 0.717) is 5.56 Å². The van der Waals surface area contributed by atoms with Gasteiger partial charge in [0.2, 0.25) is 0 Å². The van der Waals surface area contributed by atoms with Crippen LogP contribution in [0.5, 0.6) is 5.75 Å². The number of hydrogen-bond acceptors (Lipinski definition) is 3. The van der Waals surface area contributed by atoms with Gasteiger partial charge in [0.1, 0.15) is 5.75 Å². The normalized spacial score (nSPS) is 11.1. The quantitative estimate of drug-likeness (QED) is 0.541. The Labute approximate surface area is 159 Å². The molecule has 5 nitrogen and oxygen atoms in total. The van der Waals surface area contributed by atoms with Crippen molar-refractivity contribution in [2.24, 2.45) is 5.10 Å². The molecule has 3 aromatic rings. The average Bonchev–Trinajstić information content (AvgIpc) is 2.88. The molecule has 138 valence electrons. The molecule has 0 aliphatic heterocycles. The van der Waals surface area contributed by atoms with E-state index in [1.54, 1.807) is 18.3 Å². The van der Waals surface area contributed by atoms with E-state index < -0.39 is 0 Å². The highest BCUT2D eigenvalue weighted by molar-refractivity contribution is 5.95. The van der Waals surface area contributed by atoms with Crippen LogP contribution in [0.25, 0.3) is 5.69 Å². The number of amides is 1. The summed E-state index contributed by atoms with van der Waals surface area (Å²) in [6.45, 7) is 8.27. The van der Waals surface area contributed by atoms with E-state index in [0.717, 1.165) is 22.6 Å². The molecule has 2 aromatic carbocycles. The van der Waals surface area contributed by atoms with Gasteiger partial charge in [-0.3, -0.25) is 4.79 Å². The lowest BCUT2D eigenvalue weighted by Gasteiger charge is -2.11. The zero-order chi connectivity index (χ0) is 19.6. The van der Waals surface area contributed by atoms with Gasteiger partial charge < -0.3 is 9.67 Å². The molecule has 2 N–H and O–H groups in total. The minimum atomic E-state index is -0.325. The Hall–Kier alpha value is -3.34. The third-order valence-corrected chi connectivity index (χ3v) is 4.43. The molecule has 0 aliphatic rings. The predicted molar refractivity (Wildman–Crippen MR) is 108 cm³/mol. The van der Waals surface area contributed by atoms with Gasteiger partial charge in [0.05, 0.1) is 6.21 Å². The Balaban J connectivity index is 1.81. The molecule has 5 heteroatoms. The van der Waals surface area contributed by atoms with E-state index in [1.165, 1.54) is 23.3 Å². The van der Waals surface area contributed by atoms with Gasteiger partial charge in [0.15, 0.2) is 0 Å². The summed E-state index contributed by atoms with van der Waals surface area (Å²) in [5.74, 6) is -0.205. The van der Waals surface area contributed by atoms with E-state index in [-0.39, 0.29) is 11.7 Å². The number of phenols is 1. The zero-order valence-electron chi connectivity index (χ0n) is 15.9. The summed E-state index contributed by atoms with van der Waals surface area (Å²) in [7, 11) is 0. The molecule has 27 heavy (non-hydrogen) atoms. The topological polar surface area (TPSA) is 66.6 Å². The van der Waals surface area contributed by atoms with Crippen LogP contribution in [-0.2, 0) is 0 Å². The fraction of sp³-hybridized carbons (Fsp3) is 0.182. The molecule has 0 bridgehead atoms. The van der Waals surface area contributed by atoms with Gasteiger partial charge in [-0.1, -0.05) is 6.07 Å². The summed E-state index contributed by atoms with van der Waals surface area (Å²) in [5, 5.41) is 13.4. The summed E-state index contributed by atoms with van der Waals surface area (Å²) in [6.07, 6.45) is 1.65. The van der Waals surface area contributed by atoms with Gasteiger partial charge in [-0.15, -0.1) is 0 Å².